The zero-order valence-electron chi connectivity index (χ0n) is 23.0. The van der Waals surface area contributed by atoms with E-state index in [0.29, 0.717) is 23.3 Å². The number of benzene rings is 3. The van der Waals surface area contributed by atoms with Gasteiger partial charge in [-0.3, -0.25) is 9.32 Å². The van der Waals surface area contributed by atoms with Crippen molar-refractivity contribution in [3.8, 4) is 5.75 Å². The van der Waals surface area contributed by atoms with Crippen molar-refractivity contribution in [2.75, 3.05) is 13.2 Å². The van der Waals surface area contributed by atoms with E-state index in [2.05, 4.69) is 41.5 Å². The molecule has 7 heteroatoms. The van der Waals surface area contributed by atoms with E-state index in [-0.39, 0.29) is 36.4 Å². The van der Waals surface area contributed by atoms with Crippen molar-refractivity contribution >= 4 is 36.1 Å². The summed E-state index contributed by atoms with van der Waals surface area (Å²) in [7, 11) is -1.69. The number of aromatic hydroxyl groups is 1. The Labute approximate surface area is 225 Å². The molecule has 1 heterocycles. The molecule has 0 bridgehead atoms. The molecule has 38 heavy (non-hydrogen) atoms. The second-order valence-corrected chi connectivity index (χ2v) is 12.6. The van der Waals surface area contributed by atoms with E-state index in [1.54, 1.807) is 0 Å². The van der Waals surface area contributed by atoms with Crippen LogP contribution >= 0.6 is 8.24 Å². The molecule has 4 rings (SSSR count). The molecule has 0 atom stereocenters. The van der Waals surface area contributed by atoms with E-state index in [1.807, 2.05) is 60.7 Å². The summed E-state index contributed by atoms with van der Waals surface area (Å²) in [4.78, 5) is 12.5. The smallest absolute Gasteiger partial charge is 0.387 e. The lowest BCUT2D eigenvalue weighted by Crippen LogP contribution is -2.18. The van der Waals surface area contributed by atoms with Crippen LogP contribution in [0.4, 0.5) is 0 Å². The minimum atomic E-state index is -1.69. The molecule has 0 aliphatic heterocycles. The summed E-state index contributed by atoms with van der Waals surface area (Å²) >= 11 is 0. The van der Waals surface area contributed by atoms with E-state index >= 15 is 0 Å². The van der Waals surface area contributed by atoms with Gasteiger partial charge in [-0.2, -0.15) is 0 Å². The molecule has 1 aromatic heterocycles. The van der Waals surface area contributed by atoms with Crippen LogP contribution in [-0.2, 0) is 26.8 Å². The summed E-state index contributed by atoms with van der Waals surface area (Å²) in [5, 5.41) is 12.8. The van der Waals surface area contributed by atoms with Gasteiger partial charge in [-0.25, -0.2) is 0 Å². The molecule has 0 radical (unpaired) electrons. The van der Waals surface area contributed by atoms with Crippen LogP contribution in [-0.4, -0.2) is 24.3 Å². The van der Waals surface area contributed by atoms with Crippen molar-refractivity contribution in [3.63, 3.8) is 0 Å². The van der Waals surface area contributed by atoms with Gasteiger partial charge in [0, 0.05) is 17.2 Å². The lowest BCUT2D eigenvalue weighted by molar-refractivity contribution is -0.144. The fourth-order valence-electron chi connectivity index (χ4n) is 4.34. The van der Waals surface area contributed by atoms with Gasteiger partial charge in [-0.15, -0.1) is 0 Å². The second kappa shape index (κ2) is 11.3. The van der Waals surface area contributed by atoms with E-state index < -0.39 is 8.24 Å². The van der Waals surface area contributed by atoms with Crippen molar-refractivity contribution in [3.05, 3.63) is 77.4 Å². The van der Waals surface area contributed by atoms with Crippen LogP contribution in [0, 0.1) is 0 Å². The molecule has 3 aromatic carbocycles. The Morgan fingerprint density at radius 2 is 1.32 bits per heavy atom. The molecule has 0 saturated heterocycles. The highest BCUT2D eigenvalue weighted by atomic mass is 31.1. The molecular formula is C31H37O6P. The zero-order chi connectivity index (χ0) is 27.5. The maximum absolute atomic E-state index is 12.5. The molecule has 0 fully saturated rings. The first kappa shape index (κ1) is 27.8. The van der Waals surface area contributed by atoms with Crippen LogP contribution in [0.25, 0.3) is 21.9 Å². The van der Waals surface area contributed by atoms with Crippen LogP contribution in [0.1, 0.15) is 64.7 Å². The van der Waals surface area contributed by atoms with Crippen LogP contribution in [0.5, 0.6) is 5.75 Å². The predicted molar refractivity (Wildman–Crippen MR) is 153 cm³/mol. The number of hydrogen-bond donors (Lipinski definition) is 1. The highest BCUT2D eigenvalue weighted by Crippen LogP contribution is 2.40. The molecule has 0 aliphatic carbocycles. The van der Waals surface area contributed by atoms with Gasteiger partial charge in [0.05, 0.1) is 6.61 Å². The molecule has 0 saturated carbocycles. The molecule has 0 unspecified atom stereocenters. The molecule has 1 N–H and O–H groups in total. The summed E-state index contributed by atoms with van der Waals surface area (Å²) in [5.74, 6) is 0.0334. The molecule has 0 spiro atoms. The molecular weight excluding hydrogens is 499 g/mol. The lowest BCUT2D eigenvalue weighted by Gasteiger charge is -2.28. The fraction of sp³-hybridized carbons (Fsp3) is 0.387. The standard InChI is InChI=1S/C31H37O6P/c1-30(2,3)24-19-21(20-25(29(24)33)31(4,5)6)15-16-28(32)34-17-18-35-38-36-26-13-9-7-11-22(26)23-12-8-10-14-27(23)37-38/h7-14,19-20,33H,15-18H2,1-6H3. The summed E-state index contributed by atoms with van der Waals surface area (Å²) < 4.78 is 23.3. The average molecular weight is 537 g/mol. The number of hydrogen-bond acceptors (Lipinski definition) is 6. The number of rotatable bonds is 7. The number of para-hydroxylation sites is 2. The number of ether oxygens (including phenoxy) is 1. The zero-order valence-corrected chi connectivity index (χ0v) is 23.9. The van der Waals surface area contributed by atoms with Gasteiger partial charge in [-0.1, -0.05) is 90.1 Å². The normalized spacial score (nSPS) is 12.2. The van der Waals surface area contributed by atoms with Gasteiger partial charge in [0.15, 0.2) is 0 Å². The largest absolute Gasteiger partial charge is 0.507 e. The monoisotopic (exact) mass is 536 g/mol. The van der Waals surface area contributed by atoms with Crippen LogP contribution in [0.2, 0.25) is 0 Å². The van der Waals surface area contributed by atoms with Crippen molar-refractivity contribution in [1.29, 1.82) is 0 Å². The quantitative estimate of drug-likeness (QED) is 0.189. The van der Waals surface area contributed by atoms with Gasteiger partial charge >= 0.3 is 14.2 Å². The van der Waals surface area contributed by atoms with E-state index in [4.69, 9.17) is 17.7 Å². The minimum Gasteiger partial charge on any atom is -0.507 e. The first-order valence-electron chi connectivity index (χ1n) is 12.9. The highest BCUT2D eigenvalue weighted by molar-refractivity contribution is 7.31. The Hall–Kier alpha value is -3.21. The highest BCUT2D eigenvalue weighted by Gasteiger charge is 2.26. The van der Waals surface area contributed by atoms with Gasteiger partial charge in [0.1, 0.15) is 23.5 Å². The number of carbonyl (C=O) groups excluding carboxylic acids is 1. The fourth-order valence-corrected chi connectivity index (χ4v) is 5.34. The predicted octanol–water partition coefficient (Wildman–Crippen LogP) is 8.20. The van der Waals surface area contributed by atoms with Crippen LogP contribution in [0.15, 0.2) is 69.1 Å². The third-order valence-corrected chi connectivity index (χ3v) is 7.44. The third kappa shape index (κ3) is 6.61. The first-order valence-corrected chi connectivity index (χ1v) is 14.0. The summed E-state index contributed by atoms with van der Waals surface area (Å²) in [6.45, 7) is 12.7. The summed E-state index contributed by atoms with van der Waals surface area (Å²) in [5.41, 5.74) is 3.72. The van der Waals surface area contributed by atoms with E-state index in [1.165, 1.54) is 0 Å². The molecule has 202 valence electrons. The van der Waals surface area contributed by atoms with Crippen molar-refractivity contribution in [2.24, 2.45) is 0 Å². The van der Waals surface area contributed by atoms with E-state index in [9.17, 15) is 9.90 Å². The second-order valence-electron chi connectivity index (χ2n) is 11.5. The Morgan fingerprint density at radius 1 is 0.816 bits per heavy atom. The lowest BCUT2D eigenvalue weighted by atomic mass is 9.78. The Bertz CT molecular complexity index is 1380. The van der Waals surface area contributed by atoms with Crippen LogP contribution < -0.4 is 4.52 Å². The van der Waals surface area contributed by atoms with Gasteiger partial charge in [0.2, 0.25) is 0 Å². The Balaban J connectivity index is 1.38. The number of fused-ring (bicyclic) bond motifs is 3. The molecule has 0 aliphatic rings. The molecule has 4 aromatic rings. The Kier molecular flexibility index (Phi) is 8.25. The van der Waals surface area contributed by atoms with Gasteiger partial charge < -0.3 is 18.2 Å². The Morgan fingerprint density at radius 3 is 1.82 bits per heavy atom. The number of phenolic OH excluding ortho intramolecular Hbond substituents is 1. The number of aryl methyl sites for hydroxylation is 1. The maximum Gasteiger partial charge on any atom is 0.387 e. The minimum absolute atomic E-state index is 0.101. The summed E-state index contributed by atoms with van der Waals surface area (Å²) in [6.07, 6.45) is 0.763. The van der Waals surface area contributed by atoms with Gasteiger partial charge in [0.25, 0.3) is 0 Å². The maximum atomic E-state index is 12.5. The van der Waals surface area contributed by atoms with Crippen molar-refractivity contribution < 1.29 is 27.6 Å². The van der Waals surface area contributed by atoms with Crippen molar-refractivity contribution in [1.82, 2.24) is 0 Å². The van der Waals surface area contributed by atoms with Gasteiger partial charge in [-0.05, 0) is 46.1 Å². The number of esters is 1. The van der Waals surface area contributed by atoms with Crippen LogP contribution in [0.3, 0.4) is 0 Å². The topological polar surface area (TPSA) is 82.0 Å². The average Bonchev–Trinajstić information content (AvgIpc) is 3.01. The summed E-state index contributed by atoms with van der Waals surface area (Å²) in [6, 6.07) is 19.5. The van der Waals surface area contributed by atoms with E-state index in [0.717, 1.165) is 27.5 Å². The van der Waals surface area contributed by atoms with Crippen molar-refractivity contribution in [2.45, 2.75) is 65.2 Å². The third-order valence-electron chi connectivity index (χ3n) is 6.36. The first-order chi connectivity index (χ1) is 17.9. The number of phenols is 1. The molecule has 6 nitrogen and oxygen atoms in total. The SMILES string of the molecule is CC(C)(C)c1cc(CCC(=O)OCCOp2oc3ccccc3c3ccccc3o2)cc(C(C)(C)C)c1O. The molecule has 0 amide bonds. The number of carbonyl (C=O) groups is 1.